The zero-order valence-electron chi connectivity index (χ0n) is 13.4. The molecule has 0 radical (unpaired) electrons. The first-order valence-electron chi connectivity index (χ1n) is 7.78. The number of carboxylic acid groups (broad SMARTS) is 1. The molecule has 0 fully saturated rings. The molecule has 1 aromatic heterocycles. The number of aryl methyl sites for hydroxylation is 1. The molecule has 0 aliphatic heterocycles. The summed E-state index contributed by atoms with van der Waals surface area (Å²) in [6.07, 6.45) is 3.48. The predicted octanol–water partition coefficient (Wildman–Crippen LogP) is 2.02. The third kappa shape index (κ3) is 3.02. The molecule has 1 N–H and O–H groups in total. The number of rotatable bonds is 4. The van der Waals surface area contributed by atoms with Crippen molar-refractivity contribution in [1.82, 2.24) is 0 Å². The Hall–Kier alpha value is -3.25. The number of fused-ring (bicyclic) bond motifs is 1. The molecule has 0 spiro atoms. The topological polar surface area (TPSA) is 136 Å². The van der Waals surface area contributed by atoms with Gasteiger partial charge < -0.3 is 15.2 Å². The van der Waals surface area contributed by atoms with Crippen LogP contribution in [0.25, 0.3) is 0 Å². The molecule has 1 aliphatic carbocycles. The van der Waals surface area contributed by atoms with Gasteiger partial charge in [0.2, 0.25) is 0 Å². The van der Waals surface area contributed by atoms with E-state index in [1.165, 1.54) is 17.4 Å². The number of nitrogens with zero attached hydrogens (tertiary/aromatic N) is 2. The standard InChI is InChI=1S/C17H13N3O5S/c18-8-11-9-4-1-2-7-13(9)26-16(11)19-15(21)14-10(17(22)23)5-3-6-12(14)20(24)25/h3,5-6H,1-2,4,7H2,(H,19,21)(H,22,23)/p-1. The molecule has 132 valence electrons. The molecular formula is C17H12N3O5S-. The zero-order chi connectivity index (χ0) is 18.8. The summed E-state index contributed by atoms with van der Waals surface area (Å²) in [5.74, 6) is -2.64. The maximum atomic E-state index is 12.6. The maximum Gasteiger partial charge on any atom is 0.282 e. The molecule has 0 bridgehead atoms. The number of aromatic carboxylic acids is 1. The van der Waals surface area contributed by atoms with Crippen LogP contribution in [0.15, 0.2) is 18.2 Å². The van der Waals surface area contributed by atoms with E-state index in [0.29, 0.717) is 5.56 Å². The average Bonchev–Trinajstić information content (AvgIpc) is 2.97. The van der Waals surface area contributed by atoms with Gasteiger partial charge in [-0.3, -0.25) is 14.9 Å². The van der Waals surface area contributed by atoms with Gasteiger partial charge in [0.05, 0.1) is 16.5 Å². The number of hydrogen-bond acceptors (Lipinski definition) is 7. The maximum absolute atomic E-state index is 12.6. The zero-order valence-corrected chi connectivity index (χ0v) is 14.2. The minimum absolute atomic E-state index is 0.284. The molecule has 1 aromatic carbocycles. The van der Waals surface area contributed by atoms with E-state index < -0.39 is 33.6 Å². The monoisotopic (exact) mass is 370 g/mol. The number of nitro benzene ring substituents is 1. The van der Waals surface area contributed by atoms with Gasteiger partial charge in [-0.15, -0.1) is 11.3 Å². The van der Waals surface area contributed by atoms with Gasteiger partial charge in [-0.2, -0.15) is 5.26 Å². The number of anilines is 1. The second kappa shape index (κ2) is 6.93. The van der Waals surface area contributed by atoms with Crippen molar-refractivity contribution in [2.75, 3.05) is 5.32 Å². The summed E-state index contributed by atoms with van der Waals surface area (Å²) in [6, 6.07) is 5.36. The number of nitro groups is 1. The van der Waals surface area contributed by atoms with Crippen molar-refractivity contribution >= 4 is 33.9 Å². The number of amides is 1. The van der Waals surface area contributed by atoms with Crippen LogP contribution in [-0.4, -0.2) is 16.8 Å². The first-order valence-corrected chi connectivity index (χ1v) is 8.60. The van der Waals surface area contributed by atoms with E-state index in [9.17, 15) is 30.1 Å². The summed E-state index contributed by atoms with van der Waals surface area (Å²) in [7, 11) is 0. The molecule has 3 rings (SSSR count). The number of thiophene rings is 1. The highest BCUT2D eigenvalue weighted by atomic mass is 32.1. The number of nitrogens with one attached hydrogen (secondary N) is 1. The van der Waals surface area contributed by atoms with E-state index in [-0.39, 0.29) is 5.00 Å². The van der Waals surface area contributed by atoms with Crippen LogP contribution in [-0.2, 0) is 12.8 Å². The Morgan fingerprint density at radius 2 is 2.00 bits per heavy atom. The Balaban J connectivity index is 2.05. The normalized spacial score (nSPS) is 12.7. The van der Waals surface area contributed by atoms with E-state index in [1.54, 1.807) is 0 Å². The van der Waals surface area contributed by atoms with Crippen molar-refractivity contribution in [3.05, 3.63) is 55.4 Å². The van der Waals surface area contributed by atoms with Crippen LogP contribution in [0.1, 0.15) is 49.6 Å². The predicted molar refractivity (Wildman–Crippen MR) is 91.1 cm³/mol. The lowest BCUT2D eigenvalue weighted by Crippen LogP contribution is -2.27. The van der Waals surface area contributed by atoms with Gasteiger partial charge in [0.15, 0.2) is 0 Å². The molecule has 0 saturated heterocycles. The molecule has 2 aromatic rings. The van der Waals surface area contributed by atoms with Crippen molar-refractivity contribution in [2.24, 2.45) is 0 Å². The summed E-state index contributed by atoms with van der Waals surface area (Å²) in [5, 5.41) is 34.7. The van der Waals surface area contributed by atoms with Gasteiger partial charge in [0.1, 0.15) is 16.6 Å². The third-order valence-corrected chi connectivity index (χ3v) is 5.40. The van der Waals surface area contributed by atoms with Crippen LogP contribution in [0.2, 0.25) is 0 Å². The molecule has 26 heavy (non-hydrogen) atoms. The Labute approximate surface area is 151 Å². The van der Waals surface area contributed by atoms with E-state index in [1.807, 2.05) is 0 Å². The van der Waals surface area contributed by atoms with Gasteiger partial charge in [-0.1, -0.05) is 12.1 Å². The van der Waals surface area contributed by atoms with Crippen LogP contribution >= 0.6 is 11.3 Å². The lowest BCUT2D eigenvalue weighted by atomic mass is 9.96. The van der Waals surface area contributed by atoms with Crippen molar-refractivity contribution in [3.63, 3.8) is 0 Å². The van der Waals surface area contributed by atoms with Gasteiger partial charge in [-0.05, 0) is 31.2 Å². The molecule has 0 atom stereocenters. The molecule has 1 heterocycles. The number of carboxylic acids is 1. The summed E-state index contributed by atoms with van der Waals surface area (Å²) in [5.41, 5.74) is -0.568. The Morgan fingerprint density at radius 1 is 1.27 bits per heavy atom. The Bertz CT molecular complexity index is 941. The van der Waals surface area contributed by atoms with Gasteiger partial charge in [0, 0.05) is 16.5 Å². The minimum atomic E-state index is -1.69. The number of carbonyl (C=O) groups is 2. The Kier molecular flexibility index (Phi) is 4.69. The largest absolute Gasteiger partial charge is 0.545 e. The van der Waals surface area contributed by atoms with Gasteiger partial charge in [-0.25, -0.2) is 0 Å². The van der Waals surface area contributed by atoms with Crippen molar-refractivity contribution < 1.29 is 19.6 Å². The average molecular weight is 370 g/mol. The van der Waals surface area contributed by atoms with E-state index in [2.05, 4.69) is 11.4 Å². The first-order chi connectivity index (χ1) is 12.4. The van der Waals surface area contributed by atoms with Crippen molar-refractivity contribution in [3.8, 4) is 6.07 Å². The van der Waals surface area contributed by atoms with Gasteiger partial charge in [0.25, 0.3) is 11.6 Å². The summed E-state index contributed by atoms with van der Waals surface area (Å²) >= 11 is 1.25. The van der Waals surface area contributed by atoms with Crippen LogP contribution < -0.4 is 10.4 Å². The van der Waals surface area contributed by atoms with E-state index >= 15 is 0 Å². The van der Waals surface area contributed by atoms with Crippen LogP contribution in [0.5, 0.6) is 0 Å². The fraction of sp³-hybridized carbons (Fsp3) is 0.235. The Morgan fingerprint density at radius 3 is 2.65 bits per heavy atom. The number of carbonyl (C=O) groups excluding carboxylic acids is 2. The van der Waals surface area contributed by atoms with Crippen LogP contribution in [0.4, 0.5) is 10.7 Å². The molecular weight excluding hydrogens is 358 g/mol. The second-order valence-corrected chi connectivity index (χ2v) is 6.83. The smallest absolute Gasteiger partial charge is 0.282 e. The SMILES string of the molecule is N#Cc1c(NC(=O)c2c(C(=O)[O-])cccc2[N+](=O)[O-])sc2c1CCCC2. The number of benzene rings is 1. The van der Waals surface area contributed by atoms with Crippen LogP contribution in [0.3, 0.4) is 0 Å². The van der Waals surface area contributed by atoms with E-state index in [0.717, 1.165) is 48.3 Å². The first kappa shape index (κ1) is 17.6. The molecule has 1 aliphatic rings. The quantitative estimate of drug-likeness (QED) is 0.646. The number of nitriles is 1. The van der Waals surface area contributed by atoms with E-state index in [4.69, 9.17) is 0 Å². The fourth-order valence-corrected chi connectivity index (χ4v) is 4.27. The third-order valence-electron chi connectivity index (χ3n) is 4.20. The van der Waals surface area contributed by atoms with Crippen molar-refractivity contribution in [2.45, 2.75) is 25.7 Å². The lowest BCUT2D eigenvalue weighted by molar-refractivity contribution is -0.385. The van der Waals surface area contributed by atoms with Crippen LogP contribution in [0, 0.1) is 21.4 Å². The minimum Gasteiger partial charge on any atom is -0.545 e. The summed E-state index contributed by atoms with van der Waals surface area (Å²) < 4.78 is 0. The molecule has 0 saturated carbocycles. The fourth-order valence-electron chi connectivity index (χ4n) is 3.04. The van der Waals surface area contributed by atoms with Crippen molar-refractivity contribution in [1.29, 1.82) is 5.26 Å². The molecule has 1 amide bonds. The molecule has 0 unspecified atom stereocenters. The second-order valence-electron chi connectivity index (χ2n) is 5.73. The summed E-state index contributed by atoms with van der Waals surface area (Å²) in [4.78, 5) is 35.3. The van der Waals surface area contributed by atoms with Gasteiger partial charge >= 0.3 is 0 Å². The highest BCUT2D eigenvalue weighted by molar-refractivity contribution is 7.16. The highest BCUT2D eigenvalue weighted by Gasteiger charge is 2.27. The highest BCUT2D eigenvalue weighted by Crippen LogP contribution is 2.38. The molecule has 9 heteroatoms. The summed E-state index contributed by atoms with van der Waals surface area (Å²) in [6.45, 7) is 0. The number of hydrogen-bond donors (Lipinski definition) is 1. The lowest BCUT2D eigenvalue weighted by Gasteiger charge is -2.11. The molecule has 8 nitrogen and oxygen atoms in total.